The zero-order chi connectivity index (χ0) is 22.8. The predicted octanol–water partition coefficient (Wildman–Crippen LogP) is 4.77. The highest BCUT2D eigenvalue weighted by molar-refractivity contribution is 14.0. The summed E-state index contributed by atoms with van der Waals surface area (Å²) in [5.74, 6) is 2.26. The van der Waals surface area contributed by atoms with Gasteiger partial charge in [0.1, 0.15) is 0 Å². The van der Waals surface area contributed by atoms with Gasteiger partial charge in [-0.2, -0.15) is 5.10 Å². The van der Waals surface area contributed by atoms with Gasteiger partial charge in [-0.15, -0.1) is 24.0 Å². The molecule has 0 amide bonds. The zero-order valence-corrected chi connectivity index (χ0v) is 22.1. The first-order chi connectivity index (χ1) is 15.6. The SMILES string of the molecule is CCOc1ccc(C(C)NC(=NC)NCc2ccccc2Cn2cccn2)cc1OCC.I. The van der Waals surface area contributed by atoms with Crippen molar-refractivity contribution >= 4 is 29.9 Å². The fraction of sp³-hybridized carbons (Fsp3) is 0.360. The lowest BCUT2D eigenvalue weighted by atomic mass is 10.1. The number of ether oxygens (including phenoxy) is 2. The Morgan fingerprint density at radius 2 is 1.76 bits per heavy atom. The van der Waals surface area contributed by atoms with E-state index in [0.717, 1.165) is 29.6 Å². The number of guanidine groups is 1. The van der Waals surface area contributed by atoms with E-state index in [0.29, 0.717) is 19.8 Å². The van der Waals surface area contributed by atoms with E-state index in [2.05, 4.69) is 58.0 Å². The molecule has 0 aliphatic rings. The molecule has 178 valence electrons. The molecular formula is C25H34IN5O2. The number of rotatable bonds is 10. The van der Waals surface area contributed by atoms with Gasteiger partial charge in [0, 0.05) is 26.0 Å². The molecule has 33 heavy (non-hydrogen) atoms. The minimum Gasteiger partial charge on any atom is -0.490 e. The van der Waals surface area contributed by atoms with Gasteiger partial charge < -0.3 is 20.1 Å². The van der Waals surface area contributed by atoms with Crippen LogP contribution >= 0.6 is 24.0 Å². The van der Waals surface area contributed by atoms with E-state index in [1.807, 2.05) is 42.9 Å². The van der Waals surface area contributed by atoms with Crippen molar-refractivity contribution in [1.82, 2.24) is 20.4 Å². The first kappa shape index (κ1) is 26.5. The average Bonchev–Trinajstić information content (AvgIpc) is 3.32. The van der Waals surface area contributed by atoms with E-state index in [-0.39, 0.29) is 30.0 Å². The van der Waals surface area contributed by atoms with Gasteiger partial charge in [-0.3, -0.25) is 9.67 Å². The summed E-state index contributed by atoms with van der Waals surface area (Å²) < 4.78 is 13.4. The van der Waals surface area contributed by atoms with Gasteiger partial charge in [0.05, 0.1) is 25.8 Å². The van der Waals surface area contributed by atoms with Crippen LogP contribution in [0.4, 0.5) is 0 Å². The number of nitrogens with zero attached hydrogens (tertiary/aromatic N) is 3. The Morgan fingerprint density at radius 1 is 1.03 bits per heavy atom. The first-order valence-corrected chi connectivity index (χ1v) is 11.1. The maximum absolute atomic E-state index is 5.77. The van der Waals surface area contributed by atoms with Crippen LogP contribution in [0, 0.1) is 0 Å². The molecule has 0 aliphatic heterocycles. The molecule has 0 bridgehead atoms. The molecule has 1 atom stereocenters. The Kier molecular flexibility index (Phi) is 11.0. The van der Waals surface area contributed by atoms with Crippen LogP contribution < -0.4 is 20.1 Å². The number of nitrogens with one attached hydrogen (secondary N) is 2. The molecule has 3 aromatic rings. The standard InChI is InChI=1S/C25H33N5O2.HI/c1-5-31-23-13-12-20(16-24(23)32-6-2)19(3)29-25(26-4)27-17-21-10-7-8-11-22(21)18-30-15-9-14-28-30;/h7-16,19H,5-6,17-18H2,1-4H3,(H2,26,27,29);1H. The predicted molar refractivity (Wildman–Crippen MR) is 144 cm³/mol. The Hall–Kier alpha value is -2.75. The molecule has 8 heteroatoms. The van der Waals surface area contributed by atoms with Crippen LogP contribution in [-0.2, 0) is 13.1 Å². The zero-order valence-electron chi connectivity index (χ0n) is 19.7. The highest BCUT2D eigenvalue weighted by atomic mass is 127. The highest BCUT2D eigenvalue weighted by Crippen LogP contribution is 2.30. The molecule has 0 aliphatic carbocycles. The lowest BCUT2D eigenvalue weighted by Crippen LogP contribution is -2.38. The van der Waals surface area contributed by atoms with Crippen LogP contribution in [0.3, 0.4) is 0 Å². The first-order valence-electron chi connectivity index (χ1n) is 11.1. The number of benzene rings is 2. The van der Waals surface area contributed by atoms with E-state index in [4.69, 9.17) is 9.47 Å². The molecule has 1 aromatic heterocycles. The smallest absolute Gasteiger partial charge is 0.191 e. The molecule has 0 spiro atoms. The molecule has 2 aromatic carbocycles. The van der Waals surface area contributed by atoms with Crippen molar-refractivity contribution in [1.29, 1.82) is 0 Å². The number of hydrogen-bond acceptors (Lipinski definition) is 4. The molecule has 3 rings (SSSR count). The molecule has 7 nitrogen and oxygen atoms in total. The second-order valence-corrected chi connectivity index (χ2v) is 7.34. The summed E-state index contributed by atoms with van der Waals surface area (Å²) in [6.45, 7) is 8.63. The monoisotopic (exact) mass is 563 g/mol. The number of halogens is 1. The van der Waals surface area contributed by atoms with E-state index in [1.165, 1.54) is 11.1 Å². The van der Waals surface area contributed by atoms with Crippen LogP contribution in [0.25, 0.3) is 0 Å². The molecular weight excluding hydrogens is 529 g/mol. The normalized spacial score (nSPS) is 11.9. The van der Waals surface area contributed by atoms with E-state index < -0.39 is 0 Å². The quantitative estimate of drug-likeness (QED) is 0.211. The van der Waals surface area contributed by atoms with Crippen LogP contribution in [-0.4, -0.2) is 36.0 Å². The molecule has 2 N–H and O–H groups in total. The van der Waals surface area contributed by atoms with Gasteiger partial charge in [-0.1, -0.05) is 30.3 Å². The van der Waals surface area contributed by atoms with Crippen molar-refractivity contribution in [2.24, 2.45) is 4.99 Å². The summed E-state index contributed by atoms with van der Waals surface area (Å²) in [7, 11) is 1.78. The molecule has 0 saturated heterocycles. The van der Waals surface area contributed by atoms with Crippen LogP contribution in [0.15, 0.2) is 65.9 Å². The van der Waals surface area contributed by atoms with Crippen molar-refractivity contribution < 1.29 is 9.47 Å². The van der Waals surface area contributed by atoms with Crippen molar-refractivity contribution in [2.45, 2.75) is 39.9 Å². The fourth-order valence-corrected chi connectivity index (χ4v) is 3.45. The Labute approximate surface area is 213 Å². The third-order valence-corrected chi connectivity index (χ3v) is 5.10. The molecule has 0 fully saturated rings. The van der Waals surface area contributed by atoms with Gasteiger partial charge in [-0.05, 0) is 55.7 Å². The molecule has 1 heterocycles. The van der Waals surface area contributed by atoms with E-state index in [1.54, 1.807) is 13.2 Å². The van der Waals surface area contributed by atoms with Crippen LogP contribution in [0.5, 0.6) is 11.5 Å². The Bertz CT molecular complexity index is 1010. The van der Waals surface area contributed by atoms with Crippen molar-refractivity contribution in [2.75, 3.05) is 20.3 Å². The number of hydrogen-bond donors (Lipinski definition) is 2. The third-order valence-electron chi connectivity index (χ3n) is 5.10. The summed E-state index contributed by atoms with van der Waals surface area (Å²) in [4.78, 5) is 4.40. The lowest BCUT2D eigenvalue weighted by Gasteiger charge is -2.20. The molecule has 1 unspecified atom stereocenters. The van der Waals surface area contributed by atoms with Gasteiger partial charge in [0.15, 0.2) is 17.5 Å². The second-order valence-electron chi connectivity index (χ2n) is 7.34. The lowest BCUT2D eigenvalue weighted by molar-refractivity contribution is 0.287. The van der Waals surface area contributed by atoms with Crippen molar-refractivity contribution in [3.63, 3.8) is 0 Å². The average molecular weight is 563 g/mol. The summed E-state index contributed by atoms with van der Waals surface area (Å²) in [6.07, 6.45) is 3.77. The van der Waals surface area contributed by atoms with Crippen LogP contribution in [0.1, 0.15) is 43.5 Å². The minimum absolute atomic E-state index is 0. The van der Waals surface area contributed by atoms with Gasteiger partial charge in [-0.25, -0.2) is 0 Å². The summed E-state index contributed by atoms with van der Waals surface area (Å²) in [5.41, 5.74) is 3.53. The summed E-state index contributed by atoms with van der Waals surface area (Å²) in [5, 5.41) is 11.2. The fourth-order valence-electron chi connectivity index (χ4n) is 3.45. The second kappa shape index (κ2) is 13.7. The van der Waals surface area contributed by atoms with Gasteiger partial charge in [0.2, 0.25) is 0 Å². The van der Waals surface area contributed by atoms with Crippen molar-refractivity contribution in [3.05, 3.63) is 77.6 Å². The maximum atomic E-state index is 5.77. The van der Waals surface area contributed by atoms with E-state index in [9.17, 15) is 0 Å². The Balaban J connectivity index is 0.00000385. The highest BCUT2D eigenvalue weighted by Gasteiger charge is 2.13. The number of aromatic nitrogens is 2. The topological polar surface area (TPSA) is 72.7 Å². The largest absolute Gasteiger partial charge is 0.490 e. The maximum Gasteiger partial charge on any atom is 0.191 e. The summed E-state index contributed by atoms with van der Waals surface area (Å²) >= 11 is 0. The Morgan fingerprint density at radius 3 is 2.42 bits per heavy atom. The van der Waals surface area contributed by atoms with Crippen molar-refractivity contribution in [3.8, 4) is 11.5 Å². The summed E-state index contributed by atoms with van der Waals surface area (Å²) in [6, 6.07) is 16.4. The van der Waals surface area contributed by atoms with Gasteiger partial charge in [0.25, 0.3) is 0 Å². The molecule has 0 radical (unpaired) electrons. The number of aliphatic imine (C=N–C) groups is 1. The third kappa shape index (κ3) is 7.66. The van der Waals surface area contributed by atoms with Crippen LogP contribution in [0.2, 0.25) is 0 Å². The van der Waals surface area contributed by atoms with E-state index >= 15 is 0 Å². The molecule has 0 saturated carbocycles. The minimum atomic E-state index is 0. The van der Waals surface area contributed by atoms with Gasteiger partial charge >= 0.3 is 0 Å².